The molecule has 2 saturated heterocycles. The lowest BCUT2D eigenvalue weighted by Gasteiger charge is -2.36. The highest BCUT2D eigenvalue weighted by atomic mass is 16.5. The topological polar surface area (TPSA) is 38.5 Å². The van der Waals surface area contributed by atoms with Crippen LogP contribution in [0.25, 0.3) is 0 Å². The predicted octanol–water partition coefficient (Wildman–Crippen LogP) is 0.835. The van der Waals surface area contributed by atoms with Crippen LogP contribution in [0.3, 0.4) is 0 Å². The molecule has 14 heavy (non-hydrogen) atoms. The van der Waals surface area contributed by atoms with Crippen LogP contribution in [0.2, 0.25) is 0 Å². The summed E-state index contributed by atoms with van der Waals surface area (Å²) in [5.74, 6) is 0.644. The molecule has 0 spiro atoms. The zero-order valence-electron chi connectivity index (χ0n) is 9.11. The van der Waals surface area contributed by atoms with E-state index in [0.717, 1.165) is 32.7 Å². The standard InChI is InChI=1S/C11H22N2O/c1-9-7-13(5-4-11(9)12)8-10-3-2-6-14-10/h9-11H,2-8,12H2,1H3/t9-,10+,11+/m1/s1. The fourth-order valence-electron chi connectivity index (χ4n) is 2.49. The predicted molar refractivity (Wildman–Crippen MR) is 57.2 cm³/mol. The van der Waals surface area contributed by atoms with Crippen molar-refractivity contribution in [2.75, 3.05) is 26.2 Å². The van der Waals surface area contributed by atoms with Crippen LogP contribution >= 0.6 is 0 Å². The van der Waals surface area contributed by atoms with Gasteiger partial charge >= 0.3 is 0 Å². The van der Waals surface area contributed by atoms with Crippen molar-refractivity contribution in [3.63, 3.8) is 0 Å². The molecule has 0 unspecified atom stereocenters. The number of nitrogens with zero attached hydrogens (tertiary/aromatic N) is 1. The van der Waals surface area contributed by atoms with E-state index in [2.05, 4.69) is 11.8 Å². The van der Waals surface area contributed by atoms with Gasteiger partial charge in [0.15, 0.2) is 0 Å². The number of likely N-dealkylation sites (tertiary alicyclic amines) is 1. The Hall–Kier alpha value is -0.120. The number of piperidine rings is 1. The minimum absolute atomic E-state index is 0.413. The van der Waals surface area contributed by atoms with Crippen molar-refractivity contribution in [2.45, 2.75) is 38.3 Å². The van der Waals surface area contributed by atoms with E-state index in [9.17, 15) is 0 Å². The van der Waals surface area contributed by atoms with Gasteiger partial charge < -0.3 is 15.4 Å². The van der Waals surface area contributed by atoms with Crippen LogP contribution in [0.1, 0.15) is 26.2 Å². The molecule has 2 fully saturated rings. The summed E-state index contributed by atoms with van der Waals surface area (Å²) in [6, 6.07) is 0.413. The van der Waals surface area contributed by atoms with E-state index in [1.54, 1.807) is 0 Å². The third-order valence-electron chi connectivity index (χ3n) is 3.54. The Morgan fingerprint density at radius 3 is 2.93 bits per heavy atom. The zero-order valence-corrected chi connectivity index (χ0v) is 9.11. The number of hydrogen-bond acceptors (Lipinski definition) is 3. The van der Waals surface area contributed by atoms with Crippen molar-refractivity contribution >= 4 is 0 Å². The molecular formula is C11H22N2O. The van der Waals surface area contributed by atoms with Crippen molar-refractivity contribution in [1.29, 1.82) is 0 Å². The SMILES string of the molecule is C[C@@H]1CN(C[C@@H]2CCCO2)CC[C@@H]1N. The molecule has 0 aromatic carbocycles. The third kappa shape index (κ3) is 2.47. The summed E-state index contributed by atoms with van der Waals surface area (Å²) in [6.45, 7) is 6.66. The maximum Gasteiger partial charge on any atom is 0.0702 e. The summed E-state index contributed by atoms with van der Waals surface area (Å²) in [4.78, 5) is 2.52. The fraction of sp³-hybridized carbons (Fsp3) is 1.00. The van der Waals surface area contributed by atoms with Crippen molar-refractivity contribution in [3.8, 4) is 0 Å². The normalized spacial score (nSPS) is 40.3. The largest absolute Gasteiger partial charge is 0.377 e. The van der Waals surface area contributed by atoms with Gasteiger partial charge in [-0.25, -0.2) is 0 Å². The molecule has 0 bridgehead atoms. The van der Waals surface area contributed by atoms with Crippen molar-refractivity contribution in [2.24, 2.45) is 11.7 Å². The average Bonchev–Trinajstić information content (AvgIpc) is 2.64. The van der Waals surface area contributed by atoms with Crippen LogP contribution in [0.4, 0.5) is 0 Å². The summed E-state index contributed by atoms with van der Waals surface area (Å²) in [5.41, 5.74) is 5.99. The van der Waals surface area contributed by atoms with Crippen LogP contribution < -0.4 is 5.73 Å². The Morgan fingerprint density at radius 1 is 1.43 bits per heavy atom. The first-order chi connectivity index (χ1) is 6.75. The Morgan fingerprint density at radius 2 is 2.29 bits per heavy atom. The molecule has 2 aliphatic rings. The molecule has 0 amide bonds. The minimum atomic E-state index is 0.413. The van der Waals surface area contributed by atoms with Gasteiger partial charge in [-0.2, -0.15) is 0 Å². The molecule has 2 aliphatic heterocycles. The monoisotopic (exact) mass is 198 g/mol. The maximum atomic E-state index is 5.99. The average molecular weight is 198 g/mol. The second kappa shape index (κ2) is 4.60. The summed E-state index contributed by atoms with van der Waals surface area (Å²) in [5, 5.41) is 0. The lowest BCUT2D eigenvalue weighted by Crippen LogP contribution is -2.47. The molecule has 0 saturated carbocycles. The van der Waals surface area contributed by atoms with Crippen molar-refractivity contribution in [3.05, 3.63) is 0 Å². The van der Waals surface area contributed by atoms with E-state index in [-0.39, 0.29) is 0 Å². The Kier molecular flexibility index (Phi) is 3.42. The first-order valence-corrected chi connectivity index (χ1v) is 5.85. The maximum absolute atomic E-state index is 5.99. The first-order valence-electron chi connectivity index (χ1n) is 5.85. The second-order valence-corrected chi connectivity index (χ2v) is 4.82. The highest BCUT2D eigenvalue weighted by molar-refractivity contribution is 4.82. The Balaban J connectivity index is 1.75. The number of hydrogen-bond donors (Lipinski definition) is 1. The van der Waals surface area contributed by atoms with Crippen LogP contribution in [0, 0.1) is 5.92 Å². The second-order valence-electron chi connectivity index (χ2n) is 4.82. The van der Waals surface area contributed by atoms with Crippen LogP contribution in [0.5, 0.6) is 0 Å². The quantitative estimate of drug-likeness (QED) is 0.714. The van der Waals surface area contributed by atoms with Gasteiger partial charge in [-0.3, -0.25) is 0 Å². The van der Waals surface area contributed by atoms with Crippen molar-refractivity contribution in [1.82, 2.24) is 4.90 Å². The van der Waals surface area contributed by atoms with Gasteiger partial charge in [0, 0.05) is 25.7 Å². The summed E-state index contributed by atoms with van der Waals surface area (Å²) in [6.07, 6.45) is 4.13. The molecular weight excluding hydrogens is 176 g/mol. The lowest BCUT2D eigenvalue weighted by molar-refractivity contribution is 0.0548. The van der Waals surface area contributed by atoms with Gasteiger partial charge in [0.25, 0.3) is 0 Å². The van der Waals surface area contributed by atoms with E-state index in [4.69, 9.17) is 10.5 Å². The molecule has 2 N–H and O–H groups in total. The Labute approximate surface area is 86.6 Å². The number of rotatable bonds is 2. The summed E-state index contributed by atoms with van der Waals surface area (Å²) >= 11 is 0. The minimum Gasteiger partial charge on any atom is -0.377 e. The van der Waals surface area contributed by atoms with Crippen LogP contribution in [-0.2, 0) is 4.74 Å². The molecule has 0 aromatic rings. The van der Waals surface area contributed by atoms with Gasteiger partial charge in [-0.15, -0.1) is 0 Å². The third-order valence-corrected chi connectivity index (χ3v) is 3.54. The van der Waals surface area contributed by atoms with E-state index in [1.165, 1.54) is 12.8 Å². The van der Waals surface area contributed by atoms with Crippen LogP contribution in [0.15, 0.2) is 0 Å². The lowest BCUT2D eigenvalue weighted by atomic mass is 9.94. The van der Waals surface area contributed by atoms with E-state index in [1.807, 2.05) is 0 Å². The van der Waals surface area contributed by atoms with E-state index in [0.29, 0.717) is 18.1 Å². The summed E-state index contributed by atoms with van der Waals surface area (Å²) < 4.78 is 5.64. The molecule has 2 rings (SSSR count). The number of ether oxygens (including phenoxy) is 1. The number of nitrogens with two attached hydrogens (primary N) is 1. The van der Waals surface area contributed by atoms with Gasteiger partial charge in [0.1, 0.15) is 0 Å². The molecule has 0 radical (unpaired) electrons. The van der Waals surface area contributed by atoms with Gasteiger partial charge in [-0.1, -0.05) is 6.92 Å². The molecule has 0 aliphatic carbocycles. The molecule has 3 nitrogen and oxygen atoms in total. The summed E-state index contributed by atoms with van der Waals surface area (Å²) in [7, 11) is 0. The Bertz CT molecular complexity index is 180. The van der Waals surface area contributed by atoms with E-state index < -0.39 is 0 Å². The molecule has 2 heterocycles. The van der Waals surface area contributed by atoms with E-state index >= 15 is 0 Å². The zero-order chi connectivity index (χ0) is 9.97. The molecule has 3 heteroatoms. The van der Waals surface area contributed by atoms with Gasteiger partial charge in [0.05, 0.1) is 6.10 Å². The van der Waals surface area contributed by atoms with Crippen molar-refractivity contribution < 1.29 is 4.74 Å². The fourth-order valence-corrected chi connectivity index (χ4v) is 2.49. The first kappa shape index (κ1) is 10.4. The highest BCUT2D eigenvalue weighted by Gasteiger charge is 2.26. The van der Waals surface area contributed by atoms with Crippen LogP contribution in [-0.4, -0.2) is 43.3 Å². The highest BCUT2D eigenvalue weighted by Crippen LogP contribution is 2.18. The van der Waals surface area contributed by atoms with Gasteiger partial charge in [-0.05, 0) is 31.7 Å². The molecule has 0 aromatic heterocycles. The van der Waals surface area contributed by atoms with Gasteiger partial charge in [0.2, 0.25) is 0 Å². The molecule has 82 valence electrons. The molecule has 3 atom stereocenters. The smallest absolute Gasteiger partial charge is 0.0702 e.